The maximum absolute atomic E-state index is 11.2. The first-order chi connectivity index (χ1) is 5.75. The minimum absolute atomic E-state index is 0.172. The van der Waals surface area contributed by atoms with Crippen LogP contribution in [0, 0.1) is 0 Å². The standard InChI is InChI=1S/C8H8BrNO2/c9-7-3-5(4-10-7)8(11)12-6-1-2-6/h3-4,6,10H,1-2H2. The van der Waals surface area contributed by atoms with Gasteiger partial charge in [0.1, 0.15) is 6.10 Å². The van der Waals surface area contributed by atoms with E-state index in [9.17, 15) is 4.79 Å². The highest BCUT2D eigenvalue weighted by Crippen LogP contribution is 2.25. The third kappa shape index (κ3) is 1.69. The summed E-state index contributed by atoms with van der Waals surface area (Å²) in [5.74, 6) is -0.237. The summed E-state index contributed by atoms with van der Waals surface area (Å²) in [7, 11) is 0. The van der Waals surface area contributed by atoms with Gasteiger partial charge in [0.05, 0.1) is 10.2 Å². The van der Waals surface area contributed by atoms with Crippen molar-refractivity contribution in [1.82, 2.24) is 4.98 Å². The van der Waals surface area contributed by atoms with Gasteiger partial charge in [-0.05, 0) is 34.8 Å². The molecule has 2 rings (SSSR count). The summed E-state index contributed by atoms with van der Waals surface area (Å²) in [5, 5.41) is 0. The molecule has 3 nitrogen and oxygen atoms in total. The quantitative estimate of drug-likeness (QED) is 0.790. The molecule has 0 radical (unpaired) electrons. The average Bonchev–Trinajstić information content (AvgIpc) is 2.72. The van der Waals surface area contributed by atoms with E-state index in [-0.39, 0.29) is 12.1 Å². The van der Waals surface area contributed by atoms with Crippen LogP contribution in [0.25, 0.3) is 0 Å². The molecule has 64 valence electrons. The van der Waals surface area contributed by atoms with Gasteiger partial charge in [-0.3, -0.25) is 0 Å². The van der Waals surface area contributed by atoms with Crippen molar-refractivity contribution in [1.29, 1.82) is 0 Å². The highest BCUT2D eigenvalue weighted by atomic mass is 79.9. The van der Waals surface area contributed by atoms with E-state index in [0.717, 1.165) is 17.4 Å². The van der Waals surface area contributed by atoms with Crippen molar-refractivity contribution in [3.05, 3.63) is 22.4 Å². The van der Waals surface area contributed by atoms with Crippen LogP contribution in [0.2, 0.25) is 0 Å². The van der Waals surface area contributed by atoms with Gasteiger partial charge in [-0.1, -0.05) is 0 Å². The Morgan fingerprint density at radius 1 is 1.67 bits per heavy atom. The Morgan fingerprint density at radius 3 is 2.92 bits per heavy atom. The number of esters is 1. The van der Waals surface area contributed by atoms with Gasteiger partial charge in [-0.25, -0.2) is 4.79 Å². The summed E-state index contributed by atoms with van der Waals surface area (Å²) in [5.41, 5.74) is 0.578. The third-order valence-corrected chi connectivity index (χ3v) is 2.14. The van der Waals surface area contributed by atoms with Gasteiger partial charge in [0.15, 0.2) is 0 Å². The van der Waals surface area contributed by atoms with Crippen molar-refractivity contribution in [3.8, 4) is 0 Å². The van der Waals surface area contributed by atoms with E-state index < -0.39 is 0 Å². The fourth-order valence-electron chi connectivity index (χ4n) is 0.890. The Hall–Kier alpha value is -0.770. The van der Waals surface area contributed by atoms with E-state index in [0.29, 0.717) is 5.56 Å². The number of halogens is 1. The topological polar surface area (TPSA) is 42.1 Å². The number of carbonyl (C=O) groups excluding carboxylic acids is 1. The Kier molecular flexibility index (Phi) is 1.92. The van der Waals surface area contributed by atoms with Gasteiger partial charge in [0, 0.05) is 6.20 Å². The van der Waals surface area contributed by atoms with Crippen molar-refractivity contribution in [2.24, 2.45) is 0 Å². The van der Waals surface area contributed by atoms with Crippen LogP contribution < -0.4 is 0 Å². The van der Waals surface area contributed by atoms with Crippen LogP contribution in [-0.2, 0) is 4.74 Å². The van der Waals surface area contributed by atoms with Crippen LogP contribution in [0.15, 0.2) is 16.9 Å². The summed E-state index contributed by atoms with van der Waals surface area (Å²) >= 11 is 3.22. The van der Waals surface area contributed by atoms with Gasteiger partial charge in [0.25, 0.3) is 0 Å². The monoisotopic (exact) mass is 229 g/mol. The van der Waals surface area contributed by atoms with E-state index in [4.69, 9.17) is 4.74 Å². The first-order valence-corrected chi connectivity index (χ1v) is 4.60. The van der Waals surface area contributed by atoms with Crippen LogP contribution >= 0.6 is 15.9 Å². The molecular formula is C8H8BrNO2. The Labute approximate surface area is 78.2 Å². The number of hydrogen-bond donors (Lipinski definition) is 1. The lowest BCUT2D eigenvalue weighted by Crippen LogP contribution is -2.04. The second-order valence-corrected chi connectivity index (χ2v) is 3.70. The van der Waals surface area contributed by atoms with E-state index >= 15 is 0 Å². The van der Waals surface area contributed by atoms with Crippen molar-refractivity contribution in [2.75, 3.05) is 0 Å². The molecule has 0 saturated heterocycles. The minimum atomic E-state index is -0.237. The molecule has 12 heavy (non-hydrogen) atoms. The smallest absolute Gasteiger partial charge is 0.339 e. The fraction of sp³-hybridized carbons (Fsp3) is 0.375. The first kappa shape index (κ1) is 7.86. The summed E-state index contributed by atoms with van der Waals surface area (Å²) in [4.78, 5) is 14.1. The Balaban J connectivity index is 2.03. The number of aromatic nitrogens is 1. The molecule has 0 unspecified atom stereocenters. The summed E-state index contributed by atoms with van der Waals surface area (Å²) in [6.45, 7) is 0. The van der Waals surface area contributed by atoms with Crippen LogP contribution in [0.4, 0.5) is 0 Å². The zero-order chi connectivity index (χ0) is 8.55. The highest BCUT2D eigenvalue weighted by Gasteiger charge is 2.26. The molecule has 1 N–H and O–H groups in total. The number of aromatic amines is 1. The third-order valence-electron chi connectivity index (χ3n) is 1.68. The van der Waals surface area contributed by atoms with Gasteiger partial charge < -0.3 is 9.72 Å². The lowest BCUT2D eigenvalue weighted by atomic mass is 10.3. The Bertz CT molecular complexity index is 304. The predicted octanol–water partition coefficient (Wildman–Crippen LogP) is 2.10. The largest absolute Gasteiger partial charge is 0.459 e. The maximum atomic E-state index is 11.2. The average molecular weight is 230 g/mol. The van der Waals surface area contributed by atoms with Crippen LogP contribution in [-0.4, -0.2) is 17.1 Å². The highest BCUT2D eigenvalue weighted by molar-refractivity contribution is 9.10. The fourth-order valence-corrected chi connectivity index (χ4v) is 1.25. The minimum Gasteiger partial charge on any atom is -0.459 e. The number of nitrogens with one attached hydrogen (secondary N) is 1. The molecule has 0 spiro atoms. The van der Waals surface area contributed by atoms with E-state index in [1.54, 1.807) is 12.3 Å². The second-order valence-electron chi connectivity index (χ2n) is 2.84. The first-order valence-electron chi connectivity index (χ1n) is 3.80. The maximum Gasteiger partial charge on any atom is 0.339 e. The normalized spacial score (nSPS) is 16.1. The number of ether oxygens (including phenoxy) is 1. The Morgan fingerprint density at radius 2 is 2.42 bits per heavy atom. The molecule has 1 aromatic heterocycles. The van der Waals surface area contributed by atoms with Gasteiger partial charge >= 0.3 is 5.97 Å². The molecule has 0 aromatic carbocycles. The second kappa shape index (κ2) is 2.94. The van der Waals surface area contributed by atoms with Crippen molar-refractivity contribution >= 4 is 21.9 Å². The molecule has 0 aliphatic heterocycles. The number of H-pyrrole nitrogens is 1. The van der Waals surface area contributed by atoms with E-state index in [2.05, 4.69) is 20.9 Å². The SMILES string of the molecule is O=C(OC1CC1)c1c[nH]c(Br)c1. The van der Waals surface area contributed by atoms with Crippen LogP contribution in [0.3, 0.4) is 0 Å². The molecule has 1 fully saturated rings. The molecule has 1 aliphatic rings. The number of hydrogen-bond acceptors (Lipinski definition) is 2. The van der Waals surface area contributed by atoms with Crippen molar-refractivity contribution in [3.63, 3.8) is 0 Å². The predicted molar refractivity (Wildman–Crippen MR) is 46.9 cm³/mol. The van der Waals surface area contributed by atoms with Gasteiger partial charge in [0.2, 0.25) is 0 Å². The van der Waals surface area contributed by atoms with E-state index in [1.807, 2.05) is 0 Å². The zero-order valence-electron chi connectivity index (χ0n) is 6.34. The lowest BCUT2D eigenvalue weighted by molar-refractivity contribution is 0.0472. The number of rotatable bonds is 2. The molecule has 1 aliphatic carbocycles. The number of carbonyl (C=O) groups is 1. The molecule has 0 bridgehead atoms. The molecule has 0 amide bonds. The molecule has 4 heteroatoms. The molecule has 1 aromatic rings. The zero-order valence-corrected chi connectivity index (χ0v) is 7.93. The van der Waals surface area contributed by atoms with Crippen molar-refractivity contribution in [2.45, 2.75) is 18.9 Å². The summed E-state index contributed by atoms with van der Waals surface area (Å²) < 4.78 is 5.88. The van der Waals surface area contributed by atoms with Crippen molar-refractivity contribution < 1.29 is 9.53 Å². The van der Waals surface area contributed by atoms with E-state index in [1.165, 1.54) is 0 Å². The molecule has 0 atom stereocenters. The van der Waals surface area contributed by atoms with Gasteiger partial charge in [-0.2, -0.15) is 0 Å². The van der Waals surface area contributed by atoms with Crippen LogP contribution in [0.1, 0.15) is 23.2 Å². The molecule has 1 saturated carbocycles. The van der Waals surface area contributed by atoms with Gasteiger partial charge in [-0.15, -0.1) is 0 Å². The van der Waals surface area contributed by atoms with Crippen LogP contribution in [0.5, 0.6) is 0 Å². The molecular weight excluding hydrogens is 222 g/mol. The summed E-state index contributed by atoms with van der Waals surface area (Å²) in [6.07, 6.45) is 3.83. The summed E-state index contributed by atoms with van der Waals surface area (Å²) in [6, 6.07) is 1.71. The molecule has 1 heterocycles. The lowest BCUT2D eigenvalue weighted by Gasteiger charge is -1.98.